The molecule has 7 heteroatoms. The Morgan fingerprint density at radius 1 is 1.28 bits per heavy atom. The van der Waals surface area contributed by atoms with Crippen molar-refractivity contribution in [2.24, 2.45) is 0 Å². The number of aromatic nitrogens is 4. The van der Waals surface area contributed by atoms with Crippen molar-refractivity contribution in [1.29, 1.82) is 0 Å². The van der Waals surface area contributed by atoms with E-state index in [9.17, 15) is 9.59 Å². The summed E-state index contributed by atoms with van der Waals surface area (Å²) >= 11 is 5.72. The average Bonchev–Trinajstić information content (AvgIpc) is 2.34. The van der Waals surface area contributed by atoms with E-state index in [2.05, 4.69) is 15.0 Å². The Hall–Kier alpha value is -1.95. The monoisotopic (exact) mass is 266 g/mol. The van der Waals surface area contributed by atoms with Crippen LogP contribution in [0.5, 0.6) is 0 Å². The molecule has 0 fully saturated rings. The first-order valence-electron chi connectivity index (χ1n) is 5.26. The second-order valence-electron chi connectivity index (χ2n) is 3.91. The van der Waals surface area contributed by atoms with Gasteiger partial charge in [-0.15, -0.1) is 0 Å². The van der Waals surface area contributed by atoms with E-state index in [0.29, 0.717) is 11.3 Å². The third kappa shape index (κ3) is 2.33. The van der Waals surface area contributed by atoms with Crippen molar-refractivity contribution in [2.45, 2.75) is 20.4 Å². The molecule has 6 nitrogen and oxygen atoms in total. The molecule has 0 bridgehead atoms. The number of halogens is 1. The van der Waals surface area contributed by atoms with E-state index in [0.717, 1.165) is 10.3 Å². The van der Waals surface area contributed by atoms with Gasteiger partial charge in [0.1, 0.15) is 5.15 Å². The van der Waals surface area contributed by atoms with E-state index in [-0.39, 0.29) is 11.7 Å². The lowest BCUT2D eigenvalue weighted by molar-refractivity contribution is 0.675. The number of rotatable bonds is 2. The minimum absolute atomic E-state index is 0.0660. The Labute approximate surface area is 107 Å². The lowest BCUT2D eigenvalue weighted by Gasteiger charge is -2.06. The lowest BCUT2D eigenvalue weighted by atomic mass is 10.3. The second kappa shape index (κ2) is 4.73. The number of hydrogen-bond donors (Lipinski definition) is 1. The maximum Gasteiger partial charge on any atom is 0.329 e. The quantitative estimate of drug-likeness (QED) is 0.809. The van der Waals surface area contributed by atoms with Gasteiger partial charge >= 0.3 is 5.69 Å². The highest BCUT2D eigenvalue weighted by molar-refractivity contribution is 6.30. The molecule has 18 heavy (non-hydrogen) atoms. The molecule has 0 atom stereocenters. The molecule has 0 saturated heterocycles. The van der Waals surface area contributed by atoms with Crippen LogP contribution in [0.15, 0.2) is 22.0 Å². The molecule has 2 aromatic rings. The van der Waals surface area contributed by atoms with E-state index in [1.807, 2.05) is 6.92 Å². The van der Waals surface area contributed by atoms with Crippen LogP contribution in [0.4, 0.5) is 0 Å². The number of hydrogen-bond acceptors (Lipinski definition) is 4. The zero-order valence-corrected chi connectivity index (χ0v) is 10.7. The summed E-state index contributed by atoms with van der Waals surface area (Å²) in [4.78, 5) is 34.1. The lowest BCUT2D eigenvalue weighted by Crippen LogP contribution is -2.37. The Balaban J connectivity index is 2.47. The largest absolute Gasteiger partial charge is 0.329 e. The highest BCUT2D eigenvalue weighted by Crippen LogP contribution is 2.03. The van der Waals surface area contributed by atoms with Gasteiger partial charge in [0, 0.05) is 11.8 Å². The Bertz CT molecular complexity index is 688. The summed E-state index contributed by atoms with van der Waals surface area (Å²) in [6.45, 7) is 3.43. The van der Waals surface area contributed by atoms with Gasteiger partial charge in [-0.25, -0.2) is 4.79 Å². The molecule has 0 saturated carbocycles. The van der Waals surface area contributed by atoms with Gasteiger partial charge in [0.05, 0.1) is 24.1 Å². The minimum Gasteiger partial charge on any atom is -0.297 e. The summed E-state index contributed by atoms with van der Waals surface area (Å²) in [7, 11) is 0. The van der Waals surface area contributed by atoms with Gasteiger partial charge in [-0.2, -0.15) is 0 Å². The van der Waals surface area contributed by atoms with Gasteiger partial charge in [0.15, 0.2) is 0 Å². The van der Waals surface area contributed by atoms with Crippen LogP contribution in [0.25, 0.3) is 0 Å². The predicted octanol–water partition coefficient (Wildman–Crippen LogP) is 0.645. The third-order valence-corrected chi connectivity index (χ3v) is 2.89. The summed E-state index contributed by atoms with van der Waals surface area (Å²) in [6.07, 6.45) is 3.11. The molecule has 0 unspecified atom stereocenters. The minimum atomic E-state index is -0.557. The van der Waals surface area contributed by atoms with Crippen molar-refractivity contribution in [3.63, 3.8) is 0 Å². The fourth-order valence-electron chi connectivity index (χ4n) is 1.45. The molecule has 0 amide bonds. The highest BCUT2D eigenvalue weighted by atomic mass is 35.5. The van der Waals surface area contributed by atoms with Gasteiger partial charge in [-0.1, -0.05) is 11.6 Å². The molecule has 0 aromatic carbocycles. The van der Waals surface area contributed by atoms with Crippen LogP contribution in [0.1, 0.15) is 17.0 Å². The summed E-state index contributed by atoms with van der Waals surface area (Å²) < 4.78 is 1.04. The number of H-pyrrole nitrogens is 1. The first-order valence-corrected chi connectivity index (χ1v) is 5.63. The Morgan fingerprint density at radius 2 is 2.00 bits per heavy atom. The molecule has 2 rings (SSSR count). The molecule has 0 aliphatic carbocycles. The van der Waals surface area contributed by atoms with Gasteiger partial charge in [0.2, 0.25) is 0 Å². The first-order chi connectivity index (χ1) is 8.49. The van der Waals surface area contributed by atoms with Crippen molar-refractivity contribution >= 4 is 11.6 Å². The third-order valence-electron chi connectivity index (χ3n) is 2.51. The molecule has 0 radical (unpaired) electrons. The van der Waals surface area contributed by atoms with E-state index in [1.54, 1.807) is 13.1 Å². The van der Waals surface area contributed by atoms with Gasteiger partial charge < -0.3 is 0 Å². The van der Waals surface area contributed by atoms with Crippen LogP contribution < -0.4 is 11.2 Å². The van der Waals surface area contributed by atoms with Crippen molar-refractivity contribution in [3.8, 4) is 0 Å². The zero-order valence-electron chi connectivity index (χ0n) is 9.90. The number of nitrogens with one attached hydrogen (secondary N) is 1. The second-order valence-corrected chi connectivity index (χ2v) is 4.29. The standard InChI is InChI=1S/C11H11ClN4O2/c1-6-3-14-8(4-13-6)5-16-10(17)7(2)9(12)15-11(16)18/h3-4H,5H2,1-2H3,(H,15,18). The molecule has 2 aromatic heterocycles. The normalized spacial score (nSPS) is 10.6. The van der Waals surface area contributed by atoms with Crippen molar-refractivity contribution in [1.82, 2.24) is 19.5 Å². The predicted molar refractivity (Wildman–Crippen MR) is 66.9 cm³/mol. The van der Waals surface area contributed by atoms with Crippen LogP contribution in [0.3, 0.4) is 0 Å². The first kappa shape index (κ1) is 12.5. The van der Waals surface area contributed by atoms with Gasteiger partial charge in [-0.3, -0.25) is 24.3 Å². The molecule has 0 spiro atoms. The van der Waals surface area contributed by atoms with E-state index in [4.69, 9.17) is 11.6 Å². The van der Waals surface area contributed by atoms with Crippen molar-refractivity contribution < 1.29 is 0 Å². The molecule has 2 heterocycles. The van der Waals surface area contributed by atoms with E-state index in [1.165, 1.54) is 6.20 Å². The molecular weight excluding hydrogens is 256 g/mol. The summed E-state index contributed by atoms with van der Waals surface area (Å²) in [6, 6.07) is 0. The van der Waals surface area contributed by atoms with Crippen molar-refractivity contribution in [2.75, 3.05) is 0 Å². The topological polar surface area (TPSA) is 80.6 Å². The summed E-state index contributed by atoms with van der Waals surface area (Å²) in [5.41, 5.74) is 0.627. The van der Waals surface area contributed by atoms with Crippen LogP contribution in [-0.2, 0) is 6.54 Å². The molecule has 94 valence electrons. The number of aromatic amines is 1. The van der Waals surface area contributed by atoms with Gasteiger partial charge in [-0.05, 0) is 13.8 Å². The van der Waals surface area contributed by atoms with Crippen LogP contribution in [0.2, 0.25) is 5.15 Å². The fourth-order valence-corrected chi connectivity index (χ4v) is 1.61. The molecule has 1 N–H and O–H groups in total. The van der Waals surface area contributed by atoms with Crippen LogP contribution >= 0.6 is 11.6 Å². The van der Waals surface area contributed by atoms with E-state index < -0.39 is 11.2 Å². The van der Waals surface area contributed by atoms with Crippen molar-refractivity contribution in [3.05, 3.63) is 55.3 Å². The van der Waals surface area contributed by atoms with E-state index >= 15 is 0 Å². The fraction of sp³-hybridized carbons (Fsp3) is 0.273. The molecular formula is C11H11ClN4O2. The molecule has 0 aliphatic heterocycles. The SMILES string of the molecule is Cc1cnc(Cn2c(=O)[nH]c(Cl)c(C)c2=O)cn1. The maximum absolute atomic E-state index is 11.9. The molecule has 0 aliphatic rings. The summed E-state index contributed by atoms with van der Waals surface area (Å²) in [5, 5.41) is 0.0660. The van der Waals surface area contributed by atoms with Gasteiger partial charge in [0.25, 0.3) is 5.56 Å². The number of nitrogens with zero attached hydrogens (tertiary/aromatic N) is 3. The Morgan fingerprint density at radius 3 is 2.61 bits per heavy atom. The Kier molecular flexibility index (Phi) is 3.29. The smallest absolute Gasteiger partial charge is 0.297 e. The summed E-state index contributed by atoms with van der Waals surface area (Å²) in [5.74, 6) is 0. The zero-order chi connectivity index (χ0) is 13.3. The maximum atomic E-state index is 11.9. The highest BCUT2D eigenvalue weighted by Gasteiger charge is 2.09. The van der Waals surface area contributed by atoms with Crippen LogP contribution in [-0.4, -0.2) is 19.5 Å². The van der Waals surface area contributed by atoms with Crippen LogP contribution in [0, 0.1) is 13.8 Å². The average molecular weight is 267 g/mol. The number of aryl methyl sites for hydroxylation is 1.